The van der Waals surface area contributed by atoms with Gasteiger partial charge in [0.05, 0.1) is 17.2 Å². The second kappa shape index (κ2) is 13.9. The second-order valence-corrected chi connectivity index (χ2v) is 11.0. The number of nitrogens with two attached hydrogens (primary N) is 2. The Hall–Kier alpha value is -4.59. The van der Waals surface area contributed by atoms with E-state index in [4.69, 9.17) is 20.7 Å². The van der Waals surface area contributed by atoms with E-state index in [0.717, 1.165) is 5.56 Å². The third-order valence-corrected chi connectivity index (χ3v) is 7.32. The van der Waals surface area contributed by atoms with Crippen molar-refractivity contribution < 1.29 is 27.9 Å². The Morgan fingerprint density at radius 2 is 1.79 bits per heavy atom. The summed E-state index contributed by atoms with van der Waals surface area (Å²) in [5, 5.41) is 22.5. The molecular formula is C29H32N6O6S. The molecule has 4 aromatic rings. The monoisotopic (exact) mass is 592 g/mol. The van der Waals surface area contributed by atoms with Gasteiger partial charge in [0.25, 0.3) is 0 Å². The van der Waals surface area contributed by atoms with Crippen LogP contribution in [0.2, 0.25) is 0 Å². The van der Waals surface area contributed by atoms with E-state index in [9.17, 15) is 23.1 Å². The number of amides is 2. The Labute approximate surface area is 243 Å². The van der Waals surface area contributed by atoms with Crippen molar-refractivity contribution in [1.82, 2.24) is 20.1 Å². The van der Waals surface area contributed by atoms with Crippen molar-refractivity contribution in [3.05, 3.63) is 90.3 Å². The number of pyridine rings is 1. The number of nitrogens with zero attached hydrogens (tertiary/aromatic N) is 3. The third kappa shape index (κ3) is 7.78. The van der Waals surface area contributed by atoms with Gasteiger partial charge in [-0.2, -0.15) is 5.10 Å². The molecule has 6 N–H and O–H groups in total. The fourth-order valence-corrected chi connectivity index (χ4v) is 4.86. The summed E-state index contributed by atoms with van der Waals surface area (Å²) in [6.45, 7) is -0.0722. The zero-order valence-corrected chi connectivity index (χ0v) is 23.5. The number of hydrogen-bond acceptors (Lipinski definition) is 8. The molecule has 13 heteroatoms. The summed E-state index contributed by atoms with van der Waals surface area (Å²) in [5.74, 6) is -0.653. The summed E-state index contributed by atoms with van der Waals surface area (Å²) in [7, 11) is -3.89. The number of sulfonamides is 1. The predicted octanol–water partition coefficient (Wildman–Crippen LogP) is 1.49. The van der Waals surface area contributed by atoms with Crippen LogP contribution in [0.25, 0.3) is 16.9 Å². The van der Waals surface area contributed by atoms with Gasteiger partial charge in [-0.25, -0.2) is 18.2 Å². The van der Waals surface area contributed by atoms with E-state index in [1.165, 1.54) is 16.8 Å². The molecule has 1 atom stereocenters. The molecule has 0 aliphatic rings. The highest BCUT2D eigenvalue weighted by molar-refractivity contribution is 7.89. The predicted molar refractivity (Wildman–Crippen MR) is 155 cm³/mol. The maximum Gasteiger partial charge on any atom is 0.240 e. The molecule has 0 fully saturated rings. The van der Waals surface area contributed by atoms with Crippen LogP contribution in [0.3, 0.4) is 0 Å². The van der Waals surface area contributed by atoms with E-state index in [1.54, 1.807) is 30.6 Å². The summed E-state index contributed by atoms with van der Waals surface area (Å²) >= 11 is 0. The lowest BCUT2D eigenvalue weighted by Gasteiger charge is -2.16. The van der Waals surface area contributed by atoms with Gasteiger partial charge in [-0.05, 0) is 48.4 Å². The molecule has 4 rings (SSSR count). The minimum absolute atomic E-state index is 0.0588. The first-order chi connectivity index (χ1) is 20.2. The number of nitrogens with one attached hydrogen (secondary N) is 1. The van der Waals surface area contributed by atoms with Gasteiger partial charge in [0.15, 0.2) is 0 Å². The fraction of sp³-hybridized carbons (Fsp3) is 0.241. The fourth-order valence-electron chi connectivity index (χ4n) is 4.35. The number of primary sulfonamides is 1. The van der Waals surface area contributed by atoms with Crippen molar-refractivity contribution in [2.45, 2.75) is 36.6 Å². The molecule has 2 aromatic heterocycles. The Kier molecular flexibility index (Phi) is 10.0. The van der Waals surface area contributed by atoms with Crippen LogP contribution in [0, 0.1) is 0 Å². The number of benzene rings is 2. The average molecular weight is 593 g/mol. The number of hydrogen-bond donors (Lipinski definition) is 4. The number of aromatic nitrogens is 3. The van der Waals surface area contributed by atoms with Crippen molar-refractivity contribution in [3.8, 4) is 22.8 Å². The van der Waals surface area contributed by atoms with E-state index in [0.29, 0.717) is 34.8 Å². The molecule has 12 nitrogen and oxygen atoms in total. The molecule has 2 heterocycles. The first kappa shape index (κ1) is 30.4. The Morgan fingerprint density at radius 3 is 2.40 bits per heavy atom. The maximum absolute atomic E-state index is 12.6. The van der Waals surface area contributed by atoms with Crippen LogP contribution in [0.15, 0.2) is 84.0 Å². The van der Waals surface area contributed by atoms with Crippen LogP contribution in [0.5, 0.6) is 5.88 Å². The van der Waals surface area contributed by atoms with Crippen molar-refractivity contribution in [3.63, 3.8) is 0 Å². The van der Waals surface area contributed by atoms with Crippen molar-refractivity contribution >= 4 is 21.8 Å². The van der Waals surface area contributed by atoms with Crippen LogP contribution in [-0.4, -0.2) is 59.4 Å². The lowest BCUT2D eigenvalue weighted by atomic mass is 10.1. The van der Waals surface area contributed by atoms with Gasteiger partial charge < -0.3 is 20.9 Å². The maximum atomic E-state index is 12.6. The molecule has 0 saturated carbocycles. The molecular weight excluding hydrogens is 560 g/mol. The highest BCUT2D eigenvalue weighted by Crippen LogP contribution is 2.33. The Morgan fingerprint density at radius 1 is 1.05 bits per heavy atom. The first-order valence-electron chi connectivity index (χ1n) is 13.2. The van der Waals surface area contributed by atoms with E-state index >= 15 is 0 Å². The van der Waals surface area contributed by atoms with Crippen LogP contribution < -0.4 is 20.9 Å². The minimum Gasteiger partial charge on any atom is -0.477 e. The van der Waals surface area contributed by atoms with E-state index in [-0.39, 0.29) is 43.3 Å². The zero-order valence-electron chi connectivity index (χ0n) is 22.7. The molecule has 42 heavy (non-hydrogen) atoms. The molecule has 220 valence electrons. The van der Waals surface area contributed by atoms with E-state index in [1.807, 2.05) is 36.4 Å². The first-order valence-corrected chi connectivity index (χ1v) is 14.7. The largest absolute Gasteiger partial charge is 0.477 e. The van der Waals surface area contributed by atoms with E-state index in [2.05, 4.69) is 10.3 Å². The number of carbonyl (C=O) groups excluding carboxylic acids is 2. The normalized spacial score (nSPS) is 12.0. The topological polar surface area (TPSA) is 193 Å². The van der Waals surface area contributed by atoms with Crippen LogP contribution in [0.1, 0.15) is 24.0 Å². The van der Waals surface area contributed by atoms with Crippen LogP contribution in [-0.2, 0) is 32.5 Å². The van der Waals surface area contributed by atoms with Gasteiger partial charge in [-0.15, -0.1) is 0 Å². The van der Waals surface area contributed by atoms with Crippen molar-refractivity contribution in [2.24, 2.45) is 10.9 Å². The van der Waals surface area contributed by atoms with Gasteiger partial charge >= 0.3 is 0 Å². The van der Waals surface area contributed by atoms with Crippen LogP contribution >= 0.6 is 0 Å². The summed E-state index contributed by atoms with van der Waals surface area (Å²) in [4.78, 5) is 28.7. The van der Waals surface area contributed by atoms with Gasteiger partial charge in [-0.1, -0.05) is 30.3 Å². The smallest absolute Gasteiger partial charge is 0.240 e. The Balaban J connectivity index is 1.52. The molecule has 0 saturated heterocycles. The highest BCUT2D eigenvalue weighted by Gasteiger charge is 2.23. The number of aliphatic hydroxyl groups is 1. The van der Waals surface area contributed by atoms with Crippen molar-refractivity contribution in [2.75, 3.05) is 13.2 Å². The standard InChI is InChI=1S/C29H32N6O6S/c30-28(38)25(18-20-6-2-1-3-7-20)33-26(37)9-5-17-41-29-24(14-16-36)27(21-8-4-15-32-19-21)34-35(29)22-10-12-23(13-11-22)42(31,39)40/h1-4,6-8,10-13,15,19,25,36H,5,9,14,16-18H2,(H2,30,38)(H,33,37)(H2,31,39,40)/t25-/m0/s1. The molecule has 0 radical (unpaired) electrons. The molecule has 0 aliphatic heterocycles. The molecule has 0 spiro atoms. The summed E-state index contributed by atoms with van der Waals surface area (Å²) < 4.78 is 31.1. The number of aliphatic hydroxyl groups excluding tert-OH is 1. The molecule has 0 aliphatic carbocycles. The number of primary amides is 1. The van der Waals surface area contributed by atoms with Gasteiger partial charge in [0.1, 0.15) is 11.7 Å². The van der Waals surface area contributed by atoms with Crippen LogP contribution in [0.4, 0.5) is 0 Å². The number of rotatable bonds is 14. The lowest BCUT2D eigenvalue weighted by molar-refractivity contribution is -0.127. The number of carbonyl (C=O) groups is 2. The van der Waals surface area contributed by atoms with Gasteiger partial charge in [0, 0.05) is 49.4 Å². The minimum atomic E-state index is -3.89. The third-order valence-electron chi connectivity index (χ3n) is 6.39. The SMILES string of the molecule is NC(=O)[C@H](Cc1ccccc1)NC(=O)CCCOc1c(CCO)c(-c2cccnc2)nn1-c1ccc(S(N)(=O)=O)cc1. The molecule has 2 amide bonds. The summed E-state index contributed by atoms with van der Waals surface area (Å²) in [5.41, 5.74) is 8.72. The second-order valence-electron chi connectivity index (χ2n) is 9.46. The summed E-state index contributed by atoms with van der Waals surface area (Å²) in [6.07, 6.45) is 4.14. The highest BCUT2D eigenvalue weighted by atomic mass is 32.2. The van der Waals surface area contributed by atoms with Crippen molar-refractivity contribution in [1.29, 1.82) is 0 Å². The lowest BCUT2D eigenvalue weighted by Crippen LogP contribution is -2.45. The van der Waals surface area contributed by atoms with Gasteiger partial charge in [-0.3, -0.25) is 14.6 Å². The quantitative estimate of drug-likeness (QED) is 0.158. The molecule has 0 bridgehead atoms. The molecule has 2 aromatic carbocycles. The average Bonchev–Trinajstić information content (AvgIpc) is 3.33. The van der Waals surface area contributed by atoms with E-state index < -0.39 is 22.0 Å². The number of ether oxygens (including phenoxy) is 1. The molecule has 0 unspecified atom stereocenters. The Bertz CT molecular complexity index is 1610. The zero-order chi connectivity index (χ0) is 30.1. The summed E-state index contributed by atoms with van der Waals surface area (Å²) in [6, 6.07) is 17.8. The van der Waals surface area contributed by atoms with Gasteiger partial charge in [0.2, 0.25) is 27.7 Å².